The Kier molecular flexibility index (Phi) is 5.04. The summed E-state index contributed by atoms with van der Waals surface area (Å²) in [5, 5.41) is 4.47. The first-order chi connectivity index (χ1) is 11.7. The molecule has 0 spiro atoms. The number of carbonyl (C=O) groups excluding carboxylic acids is 1. The first kappa shape index (κ1) is 18.5. The lowest BCUT2D eigenvalue weighted by Crippen LogP contribution is -2.38. The lowest BCUT2D eigenvalue weighted by atomic mass is 9.83. The molecule has 1 aliphatic carbocycles. The van der Waals surface area contributed by atoms with Gasteiger partial charge in [-0.05, 0) is 56.6 Å². The smallest absolute Gasteiger partial charge is 0.410 e. The lowest BCUT2D eigenvalue weighted by Gasteiger charge is -2.27. The molecule has 2 aliphatic rings. The number of nitrogens with zero attached hydrogens (tertiary/aromatic N) is 1. The Morgan fingerprint density at radius 2 is 2.12 bits per heavy atom. The van der Waals surface area contributed by atoms with Gasteiger partial charge >= 0.3 is 6.09 Å². The number of hydrogen-bond acceptors (Lipinski definition) is 3. The molecular formula is C20H29ClN2O2. The molecule has 25 heavy (non-hydrogen) atoms. The molecule has 1 heterocycles. The van der Waals surface area contributed by atoms with E-state index in [0.29, 0.717) is 12.0 Å². The molecule has 1 N–H and O–H groups in total. The van der Waals surface area contributed by atoms with Crippen LogP contribution in [-0.2, 0) is 11.3 Å². The molecule has 0 radical (unpaired) electrons. The Hall–Kier alpha value is -1.26. The van der Waals surface area contributed by atoms with Crippen molar-refractivity contribution in [1.82, 2.24) is 10.2 Å². The van der Waals surface area contributed by atoms with E-state index >= 15 is 0 Å². The summed E-state index contributed by atoms with van der Waals surface area (Å²) in [6.45, 7) is 10.4. The fraction of sp³-hybridized carbons (Fsp3) is 0.650. The number of nitrogens with one attached hydrogen (secondary N) is 1. The number of amides is 1. The molecule has 3 atom stereocenters. The van der Waals surface area contributed by atoms with Gasteiger partial charge in [-0.1, -0.05) is 36.7 Å². The highest BCUT2D eigenvalue weighted by molar-refractivity contribution is 6.31. The van der Waals surface area contributed by atoms with Gasteiger partial charge in [-0.25, -0.2) is 4.79 Å². The first-order valence-electron chi connectivity index (χ1n) is 9.11. The van der Waals surface area contributed by atoms with Gasteiger partial charge in [-0.2, -0.15) is 0 Å². The fourth-order valence-corrected chi connectivity index (χ4v) is 4.42. The summed E-state index contributed by atoms with van der Waals surface area (Å²) in [7, 11) is 0. The molecule has 5 heteroatoms. The van der Waals surface area contributed by atoms with Crippen LogP contribution in [0.2, 0.25) is 5.02 Å². The molecule has 1 aliphatic heterocycles. The highest BCUT2D eigenvalue weighted by atomic mass is 35.5. The zero-order valence-corrected chi connectivity index (χ0v) is 16.4. The normalized spacial score (nSPS) is 28.9. The molecule has 138 valence electrons. The van der Waals surface area contributed by atoms with E-state index in [4.69, 9.17) is 16.3 Å². The van der Waals surface area contributed by atoms with Crippen LogP contribution in [0.15, 0.2) is 24.3 Å². The van der Waals surface area contributed by atoms with Gasteiger partial charge in [0.2, 0.25) is 0 Å². The predicted molar refractivity (Wildman–Crippen MR) is 101 cm³/mol. The maximum absolute atomic E-state index is 12.3. The van der Waals surface area contributed by atoms with Gasteiger partial charge < -0.3 is 15.0 Å². The average molecular weight is 365 g/mol. The summed E-state index contributed by atoms with van der Waals surface area (Å²) in [5.41, 5.74) is 0.880. The second-order valence-electron chi connectivity index (χ2n) is 8.82. The van der Waals surface area contributed by atoms with Crippen molar-refractivity contribution >= 4 is 17.7 Å². The second kappa shape index (κ2) is 6.81. The second-order valence-corrected chi connectivity index (χ2v) is 9.23. The lowest BCUT2D eigenvalue weighted by molar-refractivity contribution is 0.0268. The zero-order valence-electron chi connectivity index (χ0n) is 15.6. The van der Waals surface area contributed by atoms with E-state index in [-0.39, 0.29) is 11.5 Å². The highest BCUT2D eigenvalue weighted by Crippen LogP contribution is 2.48. The maximum Gasteiger partial charge on any atom is 0.410 e. The van der Waals surface area contributed by atoms with Gasteiger partial charge in [-0.15, -0.1) is 0 Å². The summed E-state index contributed by atoms with van der Waals surface area (Å²) in [4.78, 5) is 14.2. The summed E-state index contributed by atoms with van der Waals surface area (Å²) in [6.07, 6.45) is 2.01. The summed E-state index contributed by atoms with van der Waals surface area (Å²) < 4.78 is 5.53. The Morgan fingerprint density at radius 1 is 1.40 bits per heavy atom. The first-order valence-corrected chi connectivity index (χ1v) is 9.49. The fourth-order valence-electron chi connectivity index (χ4n) is 4.21. The number of likely N-dealkylation sites (tertiary alicyclic amines) is 1. The van der Waals surface area contributed by atoms with E-state index in [1.54, 1.807) is 0 Å². The molecule has 2 fully saturated rings. The number of ether oxygens (including phenoxy) is 1. The minimum Gasteiger partial charge on any atom is -0.444 e. The molecule has 4 nitrogen and oxygen atoms in total. The average Bonchev–Trinajstić information content (AvgIpc) is 2.96. The van der Waals surface area contributed by atoms with E-state index in [0.717, 1.165) is 43.1 Å². The van der Waals surface area contributed by atoms with Gasteiger partial charge in [0.15, 0.2) is 0 Å². The van der Waals surface area contributed by atoms with Crippen molar-refractivity contribution in [3.05, 3.63) is 34.9 Å². The molecule has 0 bridgehead atoms. The van der Waals surface area contributed by atoms with Crippen LogP contribution in [0.25, 0.3) is 0 Å². The van der Waals surface area contributed by atoms with Crippen LogP contribution < -0.4 is 5.32 Å². The molecule has 1 saturated heterocycles. The molecule has 1 saturated carbocycles. The van der Waals surface area contributed by atoms with Crippen molar-refractivity contribution in [3.63, 3.8) is 0 Å². The van der Waals surface area contributed by atoms with Gasteiger partial charge in [0, 0.05) is 30.7 Å². The van der Waals surface area contributed by atoms with Gasteiger partial charge in [-0.3, -0.25) is 0 Å². The Labute approximate surface area is 155 Å². The molecule has 1 aromatic rings. The SMILES string of the molecule is CC(C)(C)OC(=O)N1C[C@H]2C[C@@H](NCc3ccccc3Cl)CC2(C)C1. The molecule has 0 aromatic heterocycles. The zero-order chi connectivity index (χ0) is 18.2. The number of hydrogen-bond donors (Lipinski definition) is 1. The van der Waals surface area contributed by atoms with Crippen LogP contribution in [0.5, 0.6) is 0 Å². The monoisotopic (exact) mass is 364 g/mol. The summed E-state index contributed by atoms with van der Waals surface area (Å²) in [6, 6.07) is 8.45. The van der Waals surface area contributed by atoms with Gasteiger partial charge in [0.1, 0.15) is 5.60 Å². The van der Waals surface area contributed by atoms with Crippen molar-refractivity contribution in [3.8, 4) is 0 Å². The van der Waals surface area contributed by atoms with Crippen LogP contribution in [0, 0.1) is 11.3 Å². The van der Waals surface area contributed by atoms with Crippen LogP contribution in [0.1, 0.15) is 46.1 Å². The van der Waals surface area contributed by atoms with E-state index < -0.39 is 5.60 Å². The Balaban J connectivity index is 1.54. The van der Waals surface area contributed by atoms with Gasteiger partial charge in [0.25, 0.3) is 0 Å². The number of fused-ring (bicyclic) bond motifs is 1. The molecular weight excluding hydrogens is 336 g/mol. The number of halogens is 1. The van der Waals surface area contributed by atoms with E-state index in [1.165, 1.54) is 0 Å². The minimum absolute atomic E-state index is 0.176. The third-order valence-corrected chi connectivity index (χ3v) is 5.82. The molecule has 3 rings (SSSR count). The molecule has 1 amide bonds. The number of benzene rings is 1. The third-order valence-electron chi connectivity index (χ3n) is 5.45. The summed E-state index contributed by atoms with van der Waals surface area (Å²) in [5.74, 6) is 0.531. The van der Waals surface area contributed by atoms with Crippen molar-refractivity contribution < 1.29 is 9.53 Å². The number of rotatable bonds is 3. The minimum atomic E-state index is -0.436. The van der Waals surface area contributed by atoms with Crippen molar-refractivity contribution in [2.75, 3.05) is 13.1 Å². The van der Waals surface area contributed by atoms with E-state index in [1.807, 2.05) is 43.9 Å². The van der Waals surface area contributed by atoms with Crippen molar-refractivity contribution in [1.29, 1.82) is 0 Å². The standard InChI is InChI=1S/C20H29ClN2O2/c1-19(2,3)25-18(24)23-12-15-9-16(10-20(15,4)13-23)22-11-14-7-5-6-8-17(14)21/h5-8,15-16,22H,9-13H2,1-4H3/t15-,16-,20?/m1/s1. The highest BCUT2D eigenvalue weighted by Gasteiger charge is 2.51. The Bertz CT molecular complexity index is 643. The van der Waals surface area contributed by atoms with Crippen LogP contribution in [0.4, 0.5) is 4.79 Å². The molecule has 1 aromatic carbocycles. The number of carbonyl (C=O) groups is 1. The quantitative estimate of drug-likeness (QED) is 0.860. The van der Waals surface area contributed by atoms with Crippen LogP contribution in [-0.4, -0.2) is 35.7 Å². The van der Waals surface area contributed by atoms with Gasteiger partial charge in [0.05, 0.1) is 0 Å². The Morgan fingerprint density at radius 3 is 2.76 bits per heavy atom. The molecule has 1 unspecified atom stereocenters. The van der Waals surface area contributed by atoms with Crippen LogP contribution in [0.3, 0.4) is 0 Å². The van der Waals surface area contributed by atoms with E-state index in [2.05, 4.69) is 18.3 Å². The third kappa shape index (κ3) is 4.29. The topological polar surface area (TPSA) is 41.6 Å². The van der Waals surface area contributed by atoms with Crippen LogP contribution >= 0.6 is 11.6 Å². The largest absolute Gasteiger partial charge is 0.444 e. The van der Waals surface area contributed by atoms with Crippen molar-refractivity contribution in [2.24, 2.45) is 11.3 Å². The predicted octanol–water partition coefficient (Wildman–Crippen LogP) is 4.47. The summed E-state index contributed by atoms with van der Waals surface area (Å²) >= 11 is 6.24. The van der Waals surface area contributed by atoms with E-state index in [9.17, 15) is 4.79 Å². The van der Waals surface area contributed by atoms with Crippen molar-refractivity contribution in [2.45, 2.75) is 58.7 Å². The maximum atomic E-state index is 12.3.